The van der Waals surface area contributed by atoms with Crippen LogP contribution < -0.4 is 4.72 Å². The number of hydrazone groups is 1. The zero-order chi connectivity index (χ0) is 19.9. The summed E-state index contributed by atoms with van der Waals surface area (Å²) in [5.41, 5.74) is -0.138. The van der Waals surface area contributed by atoms with E-state index in [1.54, 1.807) is 6.21 Å². The zero-order valence-corrected chi connectivity index (χ0v) is 16.4. The highest BCUT2D eigenvalue weighted by Crippen LogP contribution is 2.20. The van der Waals surface area contributed by atoms with E-state index in [0.717, 1.165) is 39.2 Å². The highest BCUT2D eigenvalue weighted by atomic mass is 32.2. The molecule has 148 valence electrons. The fourth-order valence-corrected chi connectivity index (χ4v) is 4.04. The lowest BCUT2D eigenvalue weighted by atomic mass is 10.1. The van der Waals surface area contributed by atoms with Gasteiger partial charge in [0.15, 0.2) is 0 Å². The molecule has 1 N–H and O–H groups in total. The quantitative estimate of drug-likeness (QED) is 0.538. The van der Waals surface area contributed by atoms with Crippen molar-refractivity contribution < 1.29 is 22.7 Å². The second-order valence-electron chi connectivity index (χ2n) is 6.28. The van der Waals surface area contributed by atoms with Gasteiger partial charge in [0.25, 0.3) is 10.0 Å². The van der Waals surface area contributed by atoms with E-state index >= 15 is 0 Å². The molecule has 9 heteroatoms. The first kappa shape index (κ1) is 20.9. The van der Waals surface area contributed by atoms with Crippen molar-refractivity contribution in [2.45, 2.75) is 56.4 Å². The Morgan fingerprint density at radius 3 is 2.70 bits per heavy atom. The molecule has 0 bridgehead atoms. The number of carbonyl (C=O) groups is 2. The highest BCUT2D eigenvalue weighted by Gasteiger charge is 2.31. The van der Waals surface area contributed by atoms with Gasteiger partial charge in [-0.25, -0.2) is 27.7 Å². The fourth-order valence-electron chi connectivity index (χ4n) is 2.91. The number of sulfonamides is 1. The van der Waals surface area contributed by atoms with E-state index in [9.17, 15) is 18.0 Å². The Hall–Kier alpha value is -2.42. The largest absolute Gasteiger partial charge is 0.465 e. The molecule has 1 unspecified atom stereocenters. The Kier molecular flexibility index (Phi) is 7.35. The van der Waals surface area contributed by atoms with Crippen LogP contribution in [0.2, 0.25) is 0 Å². The normalized spacial score (nSPS) is 16.4. The van der Waals surface area contributed by atoms with E-state index in [1.165, 1.54) is 29.3 Å². The predicted molar refractivity (Wildman–Crippen MR) is 101 cm³/mol. The number of methoxy groups -OCH3 is 1. The highest BCUT2D eigenvalue weighted by molar-refractivity contribution is 7.90. The van der Waals surface area contributed by atoms with E-state index in [4.69, 9.17) is 0 Å². The standard InChI is InChI=1S/C18H25N3O5S/c1-3-4-5-6-9-14-12-13-19-21(14)18(23)20-27(24,25)16-11-8-7-10-15(16)17(22)26-2/h7-8,10-11,13-14H,3-6,9,12H2,1-2H3,(H,20,23). The molecule has 0 spiro atoms. The number of carbonyl (C=O) groups excluding carboxylic acids is 2. The topological polar surface area (TPSA) is 105 Å². The maximum Gasteiger partial charge on any atom is 0.351 e. The van der Waals surface area contributed by atoms with Gasteiger partial charge in [-0.05, 0) is 18.6 Å². The average Bonchev–Trinajstić information content (AvgIpc) is 3.13. The third-order valence-electron chi connectivity index (χ3n) is 4.33. The van der Waals surface area contributed by atoms with Crippen LogP contribution in [-0.4, -0.2) is 44.8 Å². The minimum absolute atomic E-state index is 0.138. The Balaban J connectivity index is 2.10. The second kappa shape index (κ2) is 9.50. The summed E-state index contributed by atoms with van der Waals surface area (Å²) < 4.78 is 31.9. The molecule has 27 heavy (non-hydrogen) atoms. The number of hydrogen-bond acceptors (Lipinski definition) is 6. The van der Waals surface area contributed by atoms with Crippen molar-refractivity contribution in [3.8, 4) is 0 Å². The summed E-state index contributed by atoms with van der Waals surface area (Å²) in [6, 6.07) is 4.57. The summed E-state index contributed by atoms with van der Waals surface area (Å²) in [6.07, 6.45) is 7.21. The first-order valence-corrected chi connectivity index (χ1v) is 10.4. The summed E-state index contributed by atoms with van der Waals surface area (Å²) in [4.78, 5) is 24.0. The lowest BCUT2D eigenvalue weighted by molar-refractivity contribution is 0.0596. The number of rotatable bonds is 8. The molecule has 0 saturated carbocycles. The number of ether oxygens (including phenoxy) is 1. The van der Waals surface area contributed by atoms with Crippen LogP contribution in [0.25, 0.3) is 0 Å². The molecule has 0 aromatic heterocycles. The van der Waals surface area contributed by atoms with E-state index in [-0.39, 0.29) is 16.5 Å². The van der Waals surface area contributed by atoms with Crippen LogP contribution in [0, 0.1) is 0 Å². The van der Waals surface area contributed by atoms with Gasteiger partial charge < -0.3 is 4.74 Å². The molecular formula is C18H25N3O5S. The molecule has 1 heterocycles. The van der Waals surface area contributed by atoms with Crippen LogP contribution in [0.3, 0.4) is 0 Å². The molecule has 1 aromatic rings. The van der Waals surface area contributed by atoms with Gasteiger partial charge in [0.2, 0.25) is 0 Å². The maximum absolute atomic E-state index is 12.6. The Bertz CT molecular complexity index is 807. The monoisotopic (exact) mass is 395 g/mol. The van der Waals surface area contributed by atoms with E-state index < -0.39 is 22.0 Å². The van der Waals surface area contributed by atoms with Crippen molar-refractivity contribution in [2.75, 3.05) is 7.11 Å². The maximum atomic E-state index is 12.6. The summed E-state index contributed by atoms with van der Waals surface area (Å²) in [7, 11) is -3.09. The summed E-state index contributed by atoms with van der Waals surface area (Å²) in [5, 5.41) is 5.18. The van der Waals surface area contributed by atoms with Crippen LogP contribution in [-0.2, 0) is 14.8 Å². The molecule has 1 aliphatic rings. The summed E-state index contributed by atoms with van der Waals surface area (Å²) >= 11 is 0. The van der Waals surface area contributed by atoms with Gasteiger partial charge >= 0.3 is 12.0 Å². The van der Waals surface area contributed by atoms with Crippen LogP contribution >= 0.6 is 0 Å². The van der Waals surface area contributed by atoms with Gasteiger partial charge in [-0.2, -0.15) is 5.10 Å². The molecule has 0 saturated heterocycles. The van der Waals surface area contributed by atoms with Gasteiger partial charge in [-0.3, -0.25) is 0 Å². The lowest BCUT2D eigenvalue weighted by Gasteiger charge is -2.22. The molecule has 1 atom stereocenters. The first-order chi connectivity index (χ1) is 12.9. The molecule has 1 aliphatic heterocycles. The minimum atomic E-state index is -4.25. The number of nitrogens with one attached hydrogen (secondary N) is 1. The predicted octanol–water partition coefficient (Wildman–Crippen LogP) is 2.90. The number of amides is 2. The molecule has 2 rings (SSSR count). The Morgan fingerprint density at radius 2 is 2.00 bits per heavy atom. The number of esters is 1. The van der Waals surface area contributed by atoms with Gasteiger partial charge in [0.1, 0.15) is 4.90 Å². The molecule has 0 fully saturated rings. The lowest BCUT2D eigenvalue weighted by Crippen LogP contribution is -2.43. The second-order valence-corrected chi connectivity index (χ2v) is 7.93. The number of unbranched alkanes of at least 4 members (excludes halogenated alkanes) is 3. The van der Waals surface area contributed by atoms with Crippen molar-refractivity contribution >= 4 is 28.2 Å². The third kappa shape index (κ3) is 5.29. The molecule has 0 radical (unpaired) electrons. The third-order valence-corrected chi connectivity index (χ3v) is 5.71. The molecule has 2 amide bonds. The van der Waals surface area contributed by atoms with Crippen molar-refractivity contribution in [3.63, 3.8) is 0 Å². The smallest absolute Gasteiger partial charge is 0.351 e. The summed E-state index contributed by atoms with van der Waals surface area (Å²) in [5.74, 6) is -0.795. The number of nitrogens with zero attached hydrogens (tertiary/aromatic N) is 2. The van der Waals surface area contributed by atoms with Crippen LogP contribution in [0.5, 0.6) is 0 Å². The Labute approximate surface area is 159 Å². The van der Waals surface area contributed by atoms with E-state index in [2.05, 4.69) is 16.8 Å². The first-order valence-electron chi connectivity index (χ1n) is 8.96. The SMILES string of the molecule is CCCCCCC1CC=NN1C(=O)NS(=O)(=O)c1ccccc1C(=O)OC. The van der Waals surface area contributed by atoms with Crippen molar-refractivity contribution in [1.82, 2.24) is 9.73 Å². The Morgan fingerprint density at radius 1 is 1.26 bits per heavy atom. The minimum Gasteiger partial charge on any atom is -0.465 e. The van der Waals surface area contributed by atoms with Gasteiger partial charge in [-0.15, -0.1) is 0 Å². The fraction of sp³-hybridized carbons (Fsp3) is 0.500. The van der Waals surface area contributed by atoms with E-state index in [1.807, 2.05) is 4.72 Å². The van der Waals surface area contributed by atoms with Gasteiger partial charge in [-0.1, -0.05) is 44.7 Å². The molecule has 0 aliphatic carbocycles. The number of hydrogen-bond donors (Lipinski definition) is 1. The molecule has 1 aromatic carbocycles. The van der Waals surface area contributed by atoms with Crippen LogP contribution in [0.4, 0.5) is 4.79 Å². The van der Waals surface area contributed by atoms with Gasteiger partial charge in [0.05, 0.1) is 18.7 Å². The van der Waals surface area contributed by atoms with Crippen LogP contribution in [0.1, 0.15) is 55.8 Å². The van der Waals surface area contributed by atoms with Crippen molar-refractivity contribution in [2.24, 2.45) is 5.10 Å². The van der Waals surface area contributed by atoms with Crippen molar-refractivity contribution in [3.05, 3.63) is 29.8 Å². The molecular weight excluding hydrogens is 370 g/mol. The van der Waals surface area contributed by atoms with E-state index in [0.29, 0.717) is 6.42 Å². The van der Waals surface area contributed by atoms with Gasteiger partial charge in [0, 0.05) is 12.6 Å². The average molecular weight is 395 g/mol. The number of urea groups is 1. The molecule has 8 nitrogen and oxygen atoms in total. The van der Waals surface area contributed by atoms with Crippen LogP contribution in [0.15, 0.2) is 34.3 Å². The zero-order valence-electron chi connectivity index (χ0n) is 15.6. The number of benzene rings is 1. The van der Waals surface area contributed by atoms with Crippen molar-refractivity contribution in [1.29, 1.82) is 0 Å². The summed E-state index contributed by atoms with van der Waals surface area (Å²) in [6.45, 7) is 2.12.